The van der Waals surface area contributed by atoms with Crippen LogP contribution < -0.4 is 10.6 Å². The maximum absolute atomic E-state index is 11.9. The first-order valence-electron chi connectivity index (χ1n) is 7.09. The van der Waals surface area contributed by atoms with Crippen molar-refractivity contribution in [1.82, 2.24) is 10.6 Å². The van der Waals surface area contributed by atoms with Crippen molar-refractivity contribution in [2.75, 3.05) is 18.1 Å². The van der Waals surface area contributed by atoms with Crippen LogP contribution in [0, 0.1) is 0 Å². The molecule has 21 heavy (non-hydrogen) atoms. The van der Waals surface area contributed by atoms with Crippen LogP contribution in [0.5, 0.6) is 0 Å². The second kappa shape index (κ2) is 6.05. The predicted molar refractivity (Wildman–Crippen MR) is 83.1 cm³/mol. The minimum atomic E-state index is -2.97. The van der Waals surface area contributed by atoms with Gasteiger partial charge in [0.05, 0.1) is 11.5 Å². The van der Waals surface area contributed by atoms with Gasteiger partial charge in [-0.25, -0.2) is 13.2 Å². The van der Waals surface area contributed by atoms with Gasteiger partial charge in [0.15, 0.2) is 9.84 Å². The average Bonchev–Trinajstić information content (AvgIpc) is 2.77. The molecule has 2 rings (SSSR count). The third-order valence-electron chi connectivity index (χ3n) is 3.81. The largest absolute Gasteiger partial charge is 0.337 e. The maximum Gasteiger partial charge on any atom is 0.315 e. The number of sulfone groups is 1. The molecular formula is C15H22N2O3S. The zero-order valence-electron chi connectivity index (χ0n) is 12.4. The maximum atomic E-state index is 11.9. The number of hydrogen-bond acceptors (Lipinski definition) is 3. The third-order valence-corrected chi connectivity index (χ3v) is 5.58. The van der Waals surface area contributed by atoms with Gasteiger partial charge in [-0.3, -0.25) is 0 Å². The fourth-order valence-corrected chi connectivity index (χ4v) is 4.11. The van der Waals surface area contributed by atoms with Gasteiger partial charge in [0, 0.05) is 18.0 Å². The average molecular weight is 310 g/mol. The quantitative estimate of drug-likeness (QED) is 0.884. The summed E-state index contributed by atoms with van der Waals surface area (Å²) in [6.07, 6.45) is 0.498. The smallest absolute Gasteiger partial charge is 0.315 e. The van der Waals surface area contributed by atoms with Crippen molar-refractivity contribution in [3.05, 3.63) is 35.9 Å². The normalized spacial score (nSPS) is 21.0. The van der Waals surface area contributed by atoms with Crippen LogP contribution in [0.1, 0.15) is 25.8 Å². The number of nitrogens with one attached hydrogen (secondary N) is 2. The summed E-state index contributed by atoms with van der Waals surface area (Å²) in [7, 11) is -2.97. The molecule has 0 spiro atoms. The van der Waals surface area contributed by atoms with Crippen molar-refractivity contribution in [1.29, 1.82) is 0 Å². The SMILES string of the molecule is CC(C)(CNC(=O)NC1CCS(=O)(=O)C1)c1ccccc1. The van der Waals surface area contributed by atoms with Crippen molar-refractivity contribution >= 4 is 15.9 Å². The van der Waals surface area contributed by atoms with Crippen LogP contribution in [0.15, 0.2) is 30.3 Å². The Morgan fingerprint density at radius 2 is 1.95 bits per heavy atom. The Hall–Kier alpha value is -1.56. The van der Waals surface area contributed by atoms with E-state index in [4.69, 9.17) is 0 Å². The van der Waals surface area contributed by atoms with E-state index >= 15 is 0 Å². The molecule has 1 aliphatic rings. The first-order chi connectivity index (χ1) is 9.78. The molecule has 0 aromatic heterocycles. The summed E-state index contributed by atoms with van der Waals surface area (Å²) in [4.78, 5) is 11.9. The number of carbonyl (C=O) groups is 1. The van der Waals surface area contributed by atoms with Crippen LogP contribution in [-0.4, -0.2) is 38.5 Å². The molecule has 6 heteroatoms. The van der Waals surface area contributed by atoms with E-state index in [1.165, 1.54) is 0 Å². The van der Waals surface area contributed by atoms with Crippen LogP contribution in [0.2, 0.25) is 0 Å². The van der Waals surface area contributed by atoms with E-state index in [2.05, 4.69) is 24.5 Å². The lowest BCUT2D eigenvalue weighted by Gasteiger charge is -2.26. The molecule has 2 N–H and O–H groups in total. The van der Waals surface area contributed by atoms with Gasteiger partial charge in [0.1, 0.15) is 0 Å². The Balaban J connectivity index is 1.84. The molecule has 1 heterocycles. The molecule has 1 fully saturated rings. The number of urea groups is 1. The molecule has 1 unspecified atom stereocenters. The zero-order chi connectivity index (χ0) is 15.5. The highest BCUT2D eigenvalue weighted by molar-refractivity contribution is 7.91. The van der Waals surface area contributed by atoms with Crippen LogP contribution >= 0.6 is 0 Å². The highest BCUT2D eigenvalue weighted by Crippen LogP contribution is 2.21. The lowest BCUT2D eigenvalue weighted by Crippen LogP contribution is -2.46. The summed E-state index contributed by atoms with van der Waals surface area (Å²) in [6, 6.07) is 9.39. The Kier molecular flexibility index (Phi) is 4.56. The summed E-state index contributed by atoms with van der Waals surface area (Å²) in [5.41, 5.74) is 0.967. The van der Waals surface area contributed by atoms with Gasteiger partial charge in [-0.15, -0.1) is 0 Å². The van der Waals surface area contributed by atoms with E-state index in [1.807, 2.05) is 30.3 Å². The van der Waals surface area contributed by atoms with Crippen molar-refractivity contribution in [3.8, 4) is 0 Å². The predicted octanol–water partition coefficient (Wildman–Crippen LogP) is 1.45. The zero-order valence-corrected chi connectivity index (χ0v) is 13.2. The molecule has 116 valence electrons. The molecule has 2 amide bonds. The van der Waals surface area contributed by atoms with Crippen molar-refractivity contribution in [3.63, 3.8) is 0 Å². The number of carbonyl (C=O) groups excluding carboxylic acids is 1. The summed E-state index contributed by atoms with van der Waals surface area (Å²) >= 11 is 0. The molecule has 1 aliphatic heterocycles. The van der Waals surface area contributed by atoms with E-state index < -0.39 is 9.84 Å². The van der Waals surface area contributed by atoms with Crippen molar-refractivity contribution in [2.24, 2.45) is 0 Å². The molecule has 5 nitrogen and oxygen atoms in total. The molecule has 0 saturated carbocycles. The van der Waals surface area contributed by atoms with Gasteiger partial charge in [-0.2, -0.15) is 0 Å². The summed E-state index contributed by atoms with van der Waals surface area (Å²) < 4.78 is 22.7. The Morgan fingerprint density at radius 1 is 1.29 bits per heavy atom. The lowest BCUT2D eigenvalue weighted by molar-refractivity contribution is 0.235. The number of hydrogen-bond donors (Lipinski definition) is 2. The fourth-order valence-electron chi connectivity index (χ4n) is 2.44. The van der Waals surface area contributed by atoms with E-state index in [9.17, 15) is 13.2 Å². The molecule has 1 aromatic rings. The topological polar surface area (TPSA) is 75.3 Å². The molecule has 0 bridgehead atoms. The van der Waals surface area contributed by atoms with Gasteiger partial charge in [-0.1, -0.05) is 44.2 Å². The second-order valence-electron chi connectivity index (χ2n) is 6.18. The third kappa shape index (κ3) is 4.46. The lowest BCUT2D eigenvalue weighted by atomic mass is 9.85. The van der Waals surface area contributed by atoms with Crippen LogP contribution in [0.25, 0.3) is 0 Å². The van der Waals surface area contributed by atoms with Gasteiger partial charge in [-0.05, 0) is 12.0 Å². The first kappa shape index (κ1) is 15.8. The van der Waals surface area contributed by atoms with Crippen LogP contribution in [0.3, 0.4) is 0 Å². The van der Waals surface area contributed by atoms with Gasteiger partial charge >= 0.3 is 6.03 Å². The number of rotatable bonds is 4. The summed E-state index contributed by atoms with van der Waals surface area (Å²) in [5, 5.41) is 5.56. The minimum Gasteiger partial charge on any atom is -0.337 e. The first-order valence-corrected chi connectivity index (χ1v) is 8.91. The van der Waals surface area contributed by atoms with Gasteiger partial charge in [0.2, 0.25) is 0 Å². The Labute approximate surface area is 126 Å². The Morgan fingerprint density at radius 3 is 2.52 bits per heavy atom. The molecule has 0 aliphatic carbocycles. The molecule has 1 atom stereocenters. The van der Waals surface area contributed by atoms with Crippen molar-refractivity contribution < 1.29 is 13.2 Å². The number of benzene rings is 1. The van der Waals surface area contributed by atoms with E-state index in [-0.39, 0.29) is 29.0 Å². The van der Waals surface area contributed by atoms with E-state index in [1.54, 1.807) is 0 Å². The van der Waals surface area contributed by atoms with E-state index in [0.29, 0.717) is 13.0 Å². The standard InChI is InChI=1S/C15H22N2O3S/c1-15(2,12-6-4-3-5-7-12)11-16-14(18)17-13-8-9-21(19,20)10-13/h3-7,13H,8-11H2,1-2H3,(H2,16,17,18). The fraction of sp³-hybridized carbons (Fsp3) is 0.533. The molecule has 1 saturated heterocycles. The second-order valence-corrected chi connectivity index (χ2v) is 8.41. The monoisotopic (exact) mass is 310 g/mol. The molecule has 0 radical (unpaired) electrons. The summed E-state index contributed by atoms with van der Waals surface area (Å²) in [6.45, 7) is 4.60. The van der Waals surface area contributed by atoms with Gasteiger partial charge < -0.3 is 10.6 Å². The Bertz CT molecular complexity index is 597. The van der Waals surface area contributed by atoms with Crippen molar-refractivity contribution in [2.45, 2.75) is 31.7 Å². The highest BCUT2D eigenvalue weighted by atomic mass is 32.2. The number of amides is 2. The van der Waals surface area contributed by atoms with E-state index in [0.717, 1.165) is 5.56 Å². The van der Waals surface area contributed by atoms with Gasteiger partial charge in [0.25, 0.3) is 0 Å². The molecular weight excluding hydrogens is 288 g/mol. The minimum absolute atomic E-state index is 0.0441. The highest BCUT2D eigenvalue weighted by Gasteiger charge is 2.29. The van der Waals surface area contributed by atoms with Crippen LogP contribution in [-0.2, 0) is 15.3 Å². The molecule has 1 aromatic carbocycles. The summed E-state index contributed by atoms with van der Waals surface area (Å²) in [5.74, 6) is 0.204. The van der Waals surface area contributed by atoms with Crippen LogP contribution in [0.4, 0.5) is 4.79 Å².